The van der Waals surface area contributed by atoms with E-state index in [-0.39, 0.29) is 5.92 Å². The van der Waals surface area contributed by atoms with Crippen molar-refractivity contribution >= 4 is 17.3 Å². The number of aryl methyl sites for hydroxylation is 2. The molecule has 6 nitrogen and oxygen atoms in total. The summed E-state index contributed by atoms with van der Waals surface area (Å²) in [6.45, 7) is 4.25. The SMILES string of the molecule is Cc1oc(-c2cccs2)nc1CCCC[C@H]1CO[C@@](C)(C(=O)O)OC1. The Hall–Kier alpha value is -1.70. The lowest BCUT2D eigenvalue weighted by molar-refractivity contribution is -0.271. The zero-order valence-electron chi connectivity index (χ0n) is 14.5. The number of rotatable bonds is 7. The Balaban J connectivity index is 1.42. The van der Waals surface area contributed by atoms with Gasteiger partial charge in [-0.1, -0.05) is 12.5 Å². The zero-order valence-corrected chi connectivity index (χ0v) is 15.3. The number of carboxylic acid groups (broad SMARTS) is 1. The topological polar surface area (TPSA) is 81.8 Å². The fraction of sp³-hybridized carbons (Fsp3) is 0.556. The summed E-state index contributed by atoms with van der Waals surface area (Å²) in [5.74, 6) is -0.747. The number of thiophene rings is 1. The number of ether oxygens (including phenoxy) is 2. The Morgan fingerprint density at radius 3 is 2.80 bits per heavy atom. The predicted molar refractivity (Wildman–Crippen MR) is 93.5 cm³/mol. The van der Waals surface area contributed by atoms with Crippen LogP contribution in [0, 0.1) is 12.8 Å². The highest BCUT2D eigenvalue weighted by Crippen LogP contribution is 2.27. The Bertz CT molecular complexity index is 701. The van der Waals surface area contributed by atoms with Gasteiger partial charge in [-0.3, -0.25) is 0 Å². The van der Waals surface area contributed by atoms with Crippen LogP contribution in [-0.4, -0.2) is 35.1 Å². The molecule has 0 amide bonds. The average Bonchev–Trinajstić information content (AvgIpc) is 3.23. The molecule has 2 aromatic heterocycles. The van der Waals surface area contributed by atoms with Crippen molar-refractivity contribution in [1.29, 1.82) is 0 Å². The van der Waals surface area contributed by atoms with Gasteiger partial charge in [0.25, 0.3) is 5.79 Å². The molecule has 0 unspecified atom stereocenters. The van der Waals surface area contributed by atoms with Crippen LogP contribution in [0.4, 0.5) is 0 Å². The van der Waals surface area contributed by atoms with E-state index in [9.17, 15) is 4.79 Å². The first-order valence-corrected chi connectivity index (χ1v) is 9.37. The maximum absolute atomic E-state index is 11.1. The summed E-state index contributed by atoms with van der Waals surface area (Å²) < 4.78 is 16.5. The molecule has 3 heterocycles. The summed E-state index contributed by atoms with van der Waals surface area (Å²) in [5, 5.41) is 11.1. The summed E-state index contributed by atoms with van der Waals surface area (Å²) in [6, 6.07) is 4.00. The van der Waals surface area contributed by atoms with Crippen LogP contribution in [-0.2, 0) is 20.7 Å². The Kier molecular flexibility index (Phi) is 5.56. The van der Waals surface area contributed by atoms with Gasteiger partial charge < -0.3 is 19.0 Å². The molecule has 136 valence electrons. The van der Waals surface area contributed by atoms with Gasteiger partial charge in [0.1, 0.15) is 5.76 Å². The number of hydrogen-bond donors (Lipinski definition) is 1. The summed E-state index contributed by atoms with van der Waals surface area (Å²) in [7, 11) is 0. The molecule has 7 heteroatoms. The molecule has 2 aromatic rings. The lowest BCUT2D eigenvalue weighted by atomic mass is 10.0. The minimum Gasteiger partial charge on any atom is -0.477 e. The first kappa shape index (κ1) is 18.1. The zero-order chi connectivity index (χ0) is 17.9. The highest BCUT2D eigenvalue weighted by molar-refractivity contribution is 7.13. The fourth-order valence-electron chi connectivity index (χ4n) is 2.82. The molecule has 1 saturated heterocycles. The van der Waals surface area contributed by atoms with Crippen LogP contribution in [0.1, 0.15) is 37.6 Å². The third-order valence-electron chi connectivity index (χ3n) is 4.48. The first-order valence-electron chi connectivity index (χ1n) is 8.49. The van der Waals surface area contributed by atoms with E-state index in [4.69, 9.17) is 19.0 Å². The van der Waals surface area contributed by atoms with Crippen molar-refractivity contribution in [2.45, 2.75) is 45.3 Å². The monoisotopic (exact) mass is 365 g/mol. The van der Waals surface area contributed by atoms with Crippen molar-refractivity contribution in [3.63, 3.8) is 0 Å². The minimum atomic E-state index is -1.49. The van der Waals surface area contributed by atoms with Crippen LogP contribution in [0.3, 0.4) is 0 Å². The Morgan fingerprint density at radius 1 is 1.40 bits per heavy atom. The van der Waals surface area contributed by atoms with E-state index in [2.05, 4.69) is 4.98 Å². The van der Waals surface area contributed by atoms with Crippen LogP contribution in [0.2, 0.25) is 0 Å². The number of nitrogens with zero attached hydrogens (tertiary/aromatic N) is 1. The predicted octanol–water partition coefficient (Wildman–Crippen LogP) is 3.89. The maximum Gasteiger partial charge on any atom is 0.364 e. The van der Waals surface area contributed by atoms with E-state index < -0.39 is 11.8 Å². The quantitative estimate of drug-likeness (QED) is 0.750. The molecule has 3 rings (SSSR count). The second kappa shape index (κ2) is 7.68. The molecule has 0 radical (unpaired) electrons. The molecular formula is C18H23NO5S. The van der Waals surface area contributed by atoms with Crippen molar-refractivity contribution in [3.8, 4) is 10.8 Å². The highest BCUT2D eigenvalue weighted by Gasteiger charge is 2.40. The normalized spacial score (nSPS) is 23.7. The molecule has 0 aromatic carbocycles. The van der Waals surface area contributed by atoms with E-state index >= 15 is 0 Å². The van der Waals surface area contributed by atoms with Gasteiger partial charge in [-0.05, 0) is 37.6 Å². The van der Waals surface area contributed by atoms with Crippen LogP contribution in [0.15, 0.2) is 21.9 Å². The average molecular weight is 365 g/mol. The number of carbonyl (C=O) groups is 1. The summed E-state index contributed by atoms with van der Waals surface area (Å²) in [5.41, 5.74) is 1.01. The van der Waals surface area contributed by atoms with E-state index in [1.54, 1.807) is 11.3 Å². The van der Waals surface area contributed by atoms with Gasteiger partial charge in [0, 0.05) is 12.8 Å². The number of aliphatic carboxylic acids is 1. The second-order valence-electron chi connectivity index (χ2n) is 6.48. The molecule has 0 spiro atoms. The van der Waals surface area contributed by atoms with Crippen LogP contribution >= 0.6 is 11.3 Å². The third-order valence-corrected chi connectivity index (χ3v) is 5.34. The lowest BCUT2D eigenvalue weighted by Gasteiger charge is -2.34. The Morgan fingerprint density at radius 2 is 2.16 bits per heavy atom. The van der Waals surface area contributed by atoms with Crippen molar-refractivity contribution in [3.05, 3.63) is 29.0 Å². The van der Waals surface area contributed by atoms with Gasteiger partial charge >= 0.3 is 5.97 Å². The van der Waals surface area contributed by atoms with Gasteiger partial charge in [-0.2, -0.15) is 0 Å². The van der Waals surface area contributed by atoms with Gasteiger partial charge in [0.2, 0.25) is 5.89 Å². The Labute approximate surface area is 150 Å². The smallest absolute Gasteiger partial charge is 0.364 e. The van der Waals surface area contributed by atoms with Crippen molar-refractivity contribution < 1.29 is 23.8 Å². The number of aromatic nitrogens is 1. The number of unbranched alkanes of at least 4 members (excludes halogenated alkanes) is 1. The summed E-state index contributed by atoms with van der Waals surface area (Å²) in [4.78, 5) is 16.7. The standard InChI is InChI=1S/C18H23NO5S/c1-12-14(19-16(24-12)15-8-5-9-25-15)7-4-3-6-13-10-22-18(2,17(20)21)23-11-13/h5,8-9,13H,3-4,6-7,10-11H2,1-2H3,(H,20,21)/t13-,18+. The van der Waals surface area contributed by atoms with Gasteiger partial charge in [-0.15, -0.1) is 11.3 Å². The largest absolute Gasteiger partial charge is 0.477 e. The van der Waals surface area contributed by atoms with Gasteiger partial charge in [-0.25, -0.2) is 9.78 Å². The molecule has 0 saturated carbocycles. The fourth-order valence-corrected chi connectivity index (χ4v) is 3.47. The maximum atomic E-state index is 11.1. The first-order chi connectivity index (χ1) is 12.0. The van der Waals surface area contributed by atoms with Crippen LogP contribution in [0.25, 0.3) is 10.8 Å². The molecule has 1 aliphatic heterocycles. The van der Waals surface area contributed by atoms with Crippen molar-refractivity contribution in [1.82, 2.24) is 4.98 Å². The molecule has 0 atom stereocenters. The number of hydrogen-bond acceptors (Lipinski definition) is 6. The summed E-state index contributed by atoms with van der Waals surface area (Å²) >= 11 is 1.62. The lowest BCUT2D eigenvalue weighted by Crippen LogP contribution is -2.47. The van der Waals surface area contributed by atoms with Gasteiger partial charge in [0.15, 0.2) is 0 Å². The molecule has 1 aliphatic rings. The van der Waals surface area contributed by atoms with Crippen LogP contribution in [0.5, 0.6) is 0 Å². The highest BCUT2D eigenvalue weighted by atomic mass is 32.1. The summed E-state index contributed by atoms with van der Waals surface area (Å²) in [6.07, 6.45) is 3.85. The molecule has 0 aliphatic carbocycles. The minimum absolute atomic E-state index is 0.243. The molecular weight excluding hydrogens is 342 g/mol. The van der Waals surface area contributed by atoms with Crippen LogP contribution < -0.4 is 0 Å². The van der Waals surface area contributed by atoms with E-state index in [0.717, 1.165) is 42.0 Å². The van der Waals surface area contributed by atoms with Crippen molar-refractivity contribution in [2.24, 2.45) is 5.92 Å². The molecule has 25 heavy (non-hydrogen) atoms. The van der Waals surface area contributed by atoms with E-state index in [1.807, 2.05) is 24.4 Å². The van der Waals surface area contributed by atoms with E-state index in [0.29, 0.717) is 19.1 Å². The molecule has 1 fully saturated rings. The van der Waals surface area contributed by atoms with E-state index in [1.165, 1.54) is 6.92 Å². The van der Waals surface area contributed by atoms with Gasteiger partial charge in [0.05, 0.1) is 23.8 Å². The third kappa shape index (κ3) is 4.29. The second-order valence-corrected chi connectivity index (χ2v) is 7.43. The molecule has 1 N–H and O–H groups in total. The number of carboxylic acids is 1. The van der Waals surface area contributed by atoms with Crippen molar-refractivity contribution in [2.75, 3.05) is 13.2 Å². The number of oxazole rings is 1. The molecule has 0 bridgehead atoms.